The summed E-state index contributed by atoms with van der Waals surface area (Å²) in [6, 6.07) is 1.84. The van der Waals surface area contributed by atoms with Crippen LogP contribution in [-0.2, 0) is 4.79 Å². The Bertz CT molecular complexity index is 530. The van der Waals surface area contributed by atoms with Crippen molar-refractivity contribution in [3.05, 3.63) is 21.8 Å². The van der Waals surface area contributed by atoms with Crippen LogP contribution in [0.5, 0.6) is 0 Å². The molecule has 21 heavy (non-hydrogen) atoms. The molecule has 0 saturated carbocycles. The van der Waals surface area contributed by atoms with Crippen LogP contribution in [0.3, 0.4) is 0 Å². The van der Waals surface area contributed by atoms with Crippen LogP contribution in [0.4, 0.5) is 5.82 Å². The molecule has 1 aliphatic heterocycles. The SMILES string of the molecule is CC(C)(C)NC(=O)C1CCCN(c2ncc(Br)cc2Cl)C1. The highest BCUT2D eigenvalue weighted by Gasteiger charge is 2.29. The second-order valence-corrected chi connectivity index (χ2v) is 7.81. The minimum atomic E-state index is -0.202. The molecule has 1 aliphatic rings. The average molecular weight is 375 g/mol. The number of rotatable bonds is 2. The van der Waals surface area contributed by atoms with E-state index in [9.17, 15) is 4.79 Å². The first-order chi connectivity index (χ1) is 9.76. The van der Waals surface area contributed by atoms with Gasteiger partial charge >= 0.3 is 0 Å². The molecular weight excluding hydrogens is 354 g/mol. The zero-order valence-corrected chi connectivity index (χ0v) is 15.0. The fourth-order valence-corrected chi connectivity index (χ4v) is 3.24. The van der Waals surface area contributed by atoms with E-state index in [1.54, 1.807) is 6.20 Å². The van der Waals surface area contributed by atoms with Crippen molar-refractivity contribution < 1.29 is 4.79 Å². The number of nitrogens with zero attached hydrogens (tertiary/aromatic N) is 2. The lowest BCUT2D eigenvalue weighted by molar-refractivity contribution is -0.126. The summed E-state index contributed by atoms with van der Waals surface area (Å²) in [5.74, 6) is 0.855. The summed E-state index contributed by atoms with van der Waals surface area (Å²) < 4.78 is 0.857. The van der Waals surface area contributed by atoms with Gasteiger partial charge in [-0.1, -0.05) is 11.6 Å². The highest BCUT2D eigenvalue weighted by Crippen LogP contribution is 2.29. The molecule has 1 N–H and O–H groups in total. The van der Waals surface area contributed by atoms with Crippen molar-refractivity contribution in [2.24, 2.45) is 5.92 Å². The molecule has 0 aromatic carbocycles. The van der Waals surface area contributed by atoms with Crippen LogP contribution in [-0.4, -0.2) is 29.5 Å². The first-order valence-electron chi connectivity index (χ1n) is 7.14. The third-order valence-corrected chi connectivity index (χ3v) is 4.09. The largest absolute Gasteiger partial charge is 0.355 e. The van der Waals surface area contributed by atoms with Crippen LogP contribution in [0.1, 0.15) is 33.6 Å². The topological polar surface area (TPSA) is 45.2 Å². The molecule has 0 aliphatic carbocycles. The number of anilines is 1. The predicted molar refractivity (Wildman–Crippen MR) is 89.8 cm³/mol. The van der Waals surface area contributed by atoms with E-state index in [1.165, 1.54) is 0 Å². The minimum Gasteiger partial charge on any atom is -0.355 e. The summed E-state index contributed by atoms with van der Waals surface area (Å²) in [6.07, 6.45) is 3.61. The van der Waals surface area contributed by atoms with Crippen LogP contribution in [0.25, 0.3) is 0 Å². The van der Waals surface area contributed by atoms with Crippen LogP contribution >= 0.6 is 27.5 Å². The lowest BCUT2D eigenvalue weighted by atomic mass is 9.95. The van der Waals surface area contributed by atoms with Gasteiger partial charge in [-0.25, -0.2) is 4.98 Å². The van der Waals surface area contributed by atoms with E-state index in [2.05, 4.69) is 31.1 Å². The van der Waals surface area contributed by atoms with Gasteiger partial charge in [-0.2, -0.15) is 0 Å². The number of carbonyl (C=O) groups is 1. The van der Waals surface area contributed by atoms with Crippen molar-refractivity contribution in [2.45, 2.75) is 39.2 Å². The smallest absolute Gasteiger partial charge is 0.225 e. The van der Waals surface area contributed by atoms with E-state index < -0.39 is 0 Å². The Hall–Kier alpha value is -0.810. The fraction of sp³-hybridized carbons (Fsp3) is 0.600. The Kier molecular flexibility index (Phi) is 5.15. The normalized spacial score (nSPS) is 19.5. The summed E-state index contributed by atoms with van der Waals surface area (Å²) in [5.41, 5.74) is -0.202. The highest BCUT2D eigenvalue weighted by atomic mass is 79.9. The van der Waals surface area contributed by atoms with Gasteiger partial charge in [0.1, 0.15) is 5.82 Å². The number of carbonyl (C=O) groups excluding carboxylic acids is 1. The molecule has 0 bridgehead atoms. The Balaban J connectivity index is 2.08. The molecule has 1 aromatic rings. The van der Waals surface area contributed by atoms with E-state index in [4.69, 9.17) is 11.6 Å². The van der Waals surface area contributed by atoms with Crippen LogP contribution in [0.2, 0.25) is 5.02 Å². The minimum absolute atomic E-state index is 0.0144. The molecule has 6 heteroatoms. The van der Waals surface area contributed by atoms with Crippen LogP contribution in [0.15, 0.2) is 16.7 Å². The van der Waals surface area contributed by atoms with Crippen LogP contribution < -0.4 is 10.2 Å². The molecule has 4 nitrogen and oxygen atoms in total. The van der Waals surface area contributed by atoms with Crippen molar-refractivity contribution in [2.75, 3.05) is 18.0 Å². The molecule has 1 fully saturated rings. The Morgan fingerprint density at radius 3 is 2.86 bits per heavy atom. The molecule has 1 amide bonds. The quantitative estimate of drug-likeness (QED) is 0.860. The number of pyridine rings is 1. The van der Waals surface area contributed by atoms with Gasteiger partial charge in [0.05, 0.1) is 10.9 Å². The van der Waals surface area contributed by atoms with Gasteiger partial charge in [0.2, 0.25) is 5.91 Å². The second kappa shape index (κ2) is 6.53. The lowest BCUT2D eigenvalue weighted by Gasteiger charge is -2.34. The zero-order valence-electron chi connectivity index (χ0n) is 12.6. The van der Waals surface area contributed by atoms with Gasteiger partial charge in [0.25, 0.3) is 0 Å². The molecular formula is C15H21BrClN3O. The van der Waals surface area contributed by atoms with Gasteiger partial charge in [-0.15, -0.1) is 0 Å². The van der Waals surface area contributed by atoms with Crippen molar-refractivity contribution in [3.63, 3.8) is 0 Å². The molecule has 0 spiro atoms. The molecule has 1 unspecified atom stereocenters. The summed E-state index contributed by atoms with van der Waals surface area (Å²) in [5, 5.41) is 3.67. The number of nitrogens with one attached hydrogen (secondary N) is 1. The summed E-state index contributed by atoms with van der Waals surface area (Å²) >= 11 is 9.62. The van der Waals surface area contributed by atoms with E-state index in [-0.39, 0.29) is 17.4 Å². The van der Waals surface area contributed by atoms with Crippen molar-refractivity contribution in [1.82, 2.24) is 10.3 Å². The van der Waals surface area contributed by atoms with Crippen molar-refractivity contribution in [3.8, 4) is 0 Å². The zero-order chi connectivity index (χ0) is 15.6. The Labute approximate surface area is 139 Å². The number of halogens is 2. The Morgan fingerprint density at radius 2 is 2.24 bits per heavy atom. The summed E-state index contributed by atoms with van der Waals surface area (Å²) in [4.78, 5) is 18.8. The summed E-state index contributed by atoms with van der Waals surface area (Å²) in [6.45, 7) is 7.54. The predicted octanol–water partition coefficient (Wildman–Crippen LogP) is 3.63. The van der Waals surface area contributed by atoms with E-state index in [1.807, 2.05) is 26.8 Å². The van der Waals surface area contributed by atoms with Gasteiger partial charge in [0, 0.05) is 29.3 Å². The van der Waals surface area contributed by atoms with Gasteiger partial charge in [-0.3, -0.25) is 4.79 Å². The standard InChI is InChI=1S/C15H21BrClN3O/c1-15(2,3)19-14(21)10-5-4-6-20(9-10)13-12(17)7-11(16)8-18-13/h7-8,10H,4-6,9H2,1-3H3,(H,19,21). The first-order valence-corrected chi connectivity index (χ1v) is 8.31. The molecule has 2 rings (SSSR count). The number of amides is 1. The van der Waals surface area contributed by atoms with Gasteiger partial charge in [0.15, 0.2) is 0 Å². The van der Waals surface area contributed by atoms with Crippen molar-refractivity contribution in [1.29, 1.82) is 0 Å². The number of aromatic nitrogens is 1. The number of hydrogen-bond donors (Lipinski definition) is 1. The Morgan fingerprint density at radius 1 is 1.52 bits per heavy atom. The number of hydrogen-bond acceptors (Lipinski definition) is 3. The lowest BCUT2D eigenvalue weighted by Crippen LogP contribution is -2.48. The molecule has 2 heterocycles. The average Bonchev–Trinajstić information content (AvgIpc) is 2.37. The first kappa shape index (κ1) is 16.6. The van der Waals surface area contributed by atoms with Crippen LogP contribution in [0, 0.1) is 5.92 Å². The molecule has 0 radical (unpaired) electrons. The molecule has 116 valence electrons. The van der Waals surface area contributed by atoms with E-state index in [0.717, 1.165) is 29.7 Å². The molecule has 1 atom stereocenters. The third-order valence-electron chi connectivity index (χ3n) is 3.38. The number of piperidine rings is 1. The van der Waals surface area contributed by atoms with E-state index >= 15 is 0 Å². The third kappa shape index (κ3) is 4.58. The highest BCUT2D eigenvalue weighted by molar-refractivity contribution is 9.10. The second-order valence-electron chi connectivity index (χ2n) is 6.48. The molecule has 1 aromatic heterocycles. The maximum atomic E-state index is 12.3. The summed E-state index contributed by atoms with van der Waals surface area (Å²) in [7, 11) is 0. The maximum Gasteiger partial charge on any atom is 0.225 e. The monoisotopic (exact) mass is 373 g/mol. The molecule has 1 saturated heterocycles. The van der Waals surface area contributed by atoms with Gasteiger partial charge in [-0.05, 0) is 55.6 Å². The van der Waals surface area contributed by atoms with E-state index in [0.29, 0.717) is 11.6 Å². The maximum absolute atomic E-state index is 12.3. The fourth-order valence-electron chi connectivity index (χ4n) is 2.50. The van der Waals surface area contributed by atoms with Crippen molar-refractivity contribution >= 4 is 39.3 Å². The van der Waals surface area contributed by atoms with Gasteiger partial charge < -0.3 is 10.2 Å².